The Balaban J connectivity index is 1.79. The number of halogens is 1. The third kappa shape index (κ3) is 2.45. The molecule has 0 aromatic heterocycles. The zero-order valence-electron chi connectivity index (χ0n) is 8.04. The highest BCUT2D eigenvalue weighted by molar-refractivity contribution is 9.09. The van der Waals surface area contributed by atoms with Crippen LogP contribution in [-0.2, 0) is 4.74 Å². The van der Waals surface area contributed by atoms with Crippen molar-refractivity contribution in [3.05, 3.63) is 0 Å². The maximum absolute atomic E-state index is 5.40. The number of alkyl halides is 1. The molecule has 76 valence electrons. The number of hydrogen-bond acceptors (Lipinski definition) is 2. The topological polar surface area (TPSA) is 12.5 Å². The number of ether oxygens (including phenoxy) is 1. The minimum absolute atomic E-state index is 0.792. The standard InChI is InChI=1S/C10H18BrNO/c11-6-10-2-1-4-12(10)7-9-3-5-13-8-9/h9-10H,1-8H2/t9?,10-/m0/s1. The molecule has 2 aliphatic heterocycles. The predicted octanol–water partition coefficient (Wildman–Crippen LogP) is 1.88. The third-order valence-electron chi connectivity index (χ3n) is 3.19. The maximum atomic E-state index is 5.40. The normalized spacial score (nSPS) is 35.8. The molecule has 0 N–H and O–H groups in total. The van der Waals surface area contributed by atoms with Crippen LogP contribution in [0.25, 0.3) is 0 Å². The second-order valence-electron chi connectivity index (χ2n) is 4.17. The Morgan fingerprint density at radius 1 is 1.38 bits per heavy atom. The lowest BCUT2D eigenvalue weighted by molar-refractivity contribution is 0.166. The number of rotatable bonds is 3. The van der Waals surface area contributed by atoms with Gasteiger partial charge in [0.15, 0.2) is 0 Å². The zero-order valence-corrected chi connectivity index (χ0v) is 9.63. The van der Waals surface area contributed by atoms with Crippen LogP contribution < -0.4 is 0 Å². The highest BCUT2D eigenvalue weighted by atomic mass is 79.9. The highest BCUT2D eigenvalue weighted by Gasteiger charge is 2.27. The summed E-state index contributed by atoms with van der Waals surface area (Å²) in [5.74, 6) is 0.805. The molecule has 0 amide bonds. The number of nitrogens with zero attached hydrogens (tertiary/aromatic N) is 1. The van der Waals surface area contributed by atoms with Crippen molar-refractivity contribution in [1.82, 2.24) is 4.90 Å². The van der Waals surface area contributed by atoms with E-state index in [1.807, 2.05) is 0 Å². The monoisotopic (exact) mass is 247 g/mol. The van der Waals surface area contributed by atoms with E-state index in [0.29, 0.717) is 0 Å². The van der Waals surface area contributed by atoms with Gasteiger partial charge in [0.05, 0.1) is 6.61 Å². The summed E-state index contributed by atoms with van der Waals surface area (Å²) >= 11 is 3.59. The lowest BCUT2D eigenvalue weighted by Crippen LogP contribution is -2.35. The molecule has 2 heterocycles. The van der Waals surface area contributed by atoms with Gasteiger partial charge in [0, 0.05) is 24.5 Å². The molecule has 0 saturated carbocycles. The molecular weight excluding hydrogens is 230 g/mol. The first kappa shape index (κ1) is 9.94. The summed E-state index contributed by atoms with van der Waals surface area (Å²) in [5, 5.41) is 1.14. The summed E-state index contributed by atoms with van der Waals surface area (Å²) in [4.78, 5) is 2.63. The molecular formula is C10H18BrNO. The van der Waals surface area contributed by atoms with Gasteiger partial charge in [-0.2, -0.15) is 0 Å². The van der Waals surface area contributed by atoms with E-state index in [9.17, 15) is 0 Å². The van der Waals surface area contributed by atoms with Crippen LogP contribution in [0, 0.1) is 5.92 Å². The van der Waals surface area contributed by atoms with Gasteiger partial charge in [-0.1, -0.05) is 15.9 Å². The minimum atomic E-state index is 0.792. The molecule has 2 fully saturated rings. The Kier molecular flexibility index (Phi) is 3.64. The van der Waals surface area contributed by atoms with E-state index in [0.717, 1.165) is 30.5 Å². The Morgan fingerprint density at radius 2 is 2.31 bits per heavy atom. The largest absolute Gasteiger partial charge is 0.381 e. The van der Waals surface area contributed by atoms with Gasteiger partial charge in [0.2, 0.25) is 0 Å². The summed E-state index contributed by atoms with van der Waals surface area (Å²) < 4.78 is 5.40. The van der Waals surface area contributed by atoms with Gasteiger partial charge in [-0.05, 0) is 31.7 Å². The van der Waals surface area contributed by atoms with Crippen molar-refractivity contribution in [3.8, 4) is 0 Å². The first-order chi connectivity index (χ1) is 6.40. The van der Waals surface area contributed by atoms with Gasteiger partial charge < -0.3 is 4.74 Å². The molecule has 0 aromatic carbocycles. The van der Waals surface area contributed by atoms with E-state index in [4.69, 9.17) is 4.74 Å². The smallest absolute Gasteiger partial charge is 0.0507 e. The second-order valence-corrected chi connectivity index (χ2v) is 4.82. The van der Waals surface area contributed by atoms with Crippen LogP contribution >= 0.6 is 15.9 Å². The third-order valence-corrected chi connectivity index (χ3v) is 3.94. The Hall–Kier alpha value is 0.400. The van der Waals surface area contributed by atoms with E-state index in [1.54, 1.807) is 0 Å². The van der Waals surface area contributed by atoms with Gasteiger partial charge in [0.1, 0.15) is 0 Å². The first-order valence-electron chi connectivity index (χ1n) is 5.28. The van der Waals surface area contributed by atoms with Gasteiger partial charge in [-0.15, -0.1) is 0 Å². The lowest BCUT2D eigenvalue weighted by Gasteiger charge is -2.25. The molecule has 0 spiro atoms. The zero-order chi connectivity index (χ0) is 9.10. The van der Waals surface area contributed by atoms with Crippen molar-refractivity contribution in [1.29, 1.82) is 0 Å². The van der Waals surface area contributed by atoms with Crippen LogP contribution in [-0.4, -0.2) is 42.6 Å². The molecule has 0 aromatic rings. The Labute approximate surface area is 88.8 Å². The molecule has 1 unspecified atom stereocenters. The van der Waals surface area contributed by atoms with Crippen molar-refractivity contribution in [2.45, 2.75) is 25.3 Å². The van der Waals surface area contributed by atoms with Gasteiger partial charge in [-0.25, -0.2) is 0 Å². The molecule has 2 nitrogen and oxygen atoms in total. The summed E-state index contributed by atoms with van der Waals surface area (Å²) in [6.45, 7) is 4.53. The fourth-order valence-corrected chi connectivity index (χ4v) is 3.10. The summed E-state index contributed by atoms with van der Waals surface area (Å²) in [6.07, 6.45) is 4.02. The van der Waals surface area contributed by atoms with E-state index < -0.39 is 0 Å². The molecule has 2 saturated heterocycles. The molecule has 13 heavy (non-hydrogen) atoms. The molecule has 2 rings (SSSR count). The fourth-order valence-electron chi connectivity index (χ4n) is 2.37. The van der Waals surface area contributed by atoms with E-state index in [1.165, 1.54) is 32.4 Å². The number of hydrogen-bond donors (Lipinski definition) is 0. The van der Waals surface area contributed by atoms with E-state index in [2.05, 4.69) is 20.8 Å². The highest BCUT2D eigenvalue weighted by Crippen LogP contribution is 2.22. The van der Waals surface area contributed by atoms with Crippen LogP contribution in [0.1, 0.15) is 19.3 Å². The molecule has 0 radical (unpaired) electrons. The van der Waals surface area contributed by atoms with Gasteiger partial charge >= 0.3 is 0 Å². The van der Waals surface area contributed by atoms with Crippen LogP contribution in [0.15, 0.2) is 0 Å². The minimum Gasteiger partial charge on any atom is -0.381 e. The molecule has 0 aliphatic carbocycles. The van der Waals surface area contributed by atoms with Gasteiger partial charge in [0.25, 0.3) is 0 Å². The predicted molar refractivity (Wildman–Crippen MR) is 57.3 cm³/mol. The molecule has 2 atom stereocenters. The van der Waals surface area contributed by atoms with Crippen molar-refractivity contribution in [2.75, 3.05) is 31.6 Å². The summed E-state index contributed by atoms with van der Waals surface area (Å²) in [6, 6.07) is 0.792. The Bertz CT molecular complexity index is 159. The van der Waals surface area contributed by atoms with E-state index >= 15 is 0 Å². The van der Waals surface area contributed by atoms with Crippen LogP contribution in [0.5, 0.6) is 0 Å². The van der Waals surface area contributed by atoms with E-state index in [-0.39, 0.29) is 0 Å². The van der Waals surface area contributed by atoms with Crippen LogP contribution in [0.2, 0.25) is 0 Å². The maximum Gasteiger partial charge on any atom is 0.0507 e. The van der Waals surface area contributed by atoms with Crippen molar-refractivity contribution in [2.24, 2.45) is 5.92 Å². The summed E-state index contributed by atoms with van der Waals surface area (Å²) in [7, 11) is 0. The molecule has 3 heteroatoms. The second kappa shape index (κ2) is 4.76. The quantitative estimate of drug-likeness (QED) is 0.707. The molecule has 0 bridgehead atoms. The van der Waals surface area contributed by atoms with Crippen LogP contribution in [0.4, 0.5) is 0 Å². The average Bonchev–Trinajstić information content (AvgIpc) is 2.76. The average molecular weight is 248 g/mol. The van der Waals surface area contributed by atoms with Crippen molar-refractivity contribution < 1.29 is 4.74 Å². The molecule has 2 aliphatic rings. The SMILES string of the molecule is BrC[C@@H]1CCCN1CC1CCOC1. The van der Waals surface area contributed by atoms with Crippen LogP contribution in [0.3, 0.4) is 0 Å². The summed E-state index contributed by atoms with van der Waals surface area (Å²) in [5.41, 5.74) is 0. The fraction of sp³-hybridized carbons (Fsp3) is 1.00. The van der Waals surface area contributed by atoms with Crippen molar-refractivity contribution in [3.63, 3.8) is 0 Å². The van der Waals surface area contributed by atoms with Crippen molar-refractivity contribution >= 4 is 15.9 Å². The number of likely N-dealkylation sites (tertiary alicyclic amines) is 1. The first-order valence-corrected chi connectivity index (χ1v) is 6.40. The Morgan fingerprint density at radius 3 is 3.00 bits per heavy atom. The van der Waals surface area contributed by atoms with Gasteiger partial charge in [-0.3, -0.25) is 4.90 Å². The lowest BCUT2D eigenvalue weighted by atomic mass is 10.1.